The molecule has 0 aliphatic heterocycles. The Labute approximate surface area is 251 Å². The number of alkyl halides is 6. The first-order valence-electron chi connectivity index (χ1n) is 13.1. The Hall–Kier alpha value is -3.60. The van der Waals surface area contributed by atoms with E-state index in [1.165, 1.54) is 33.2 Å². The van der Waals surface area contributed by atoms with Crippen LogP contribution in [-0.4, -0.2) is 96.7 Å². The van der Waals surface area contributed by atoms with E-state index < -0.39 is 42.4 Å². The molecule has 1 aromatic carbocycles. The van der Waals surface area contributed by atoms with Crippen molar-refractivity contribution < 1.29 is 45.3 Å². The Kier molecular flexibility index (Phi) is 12.8. The van der Waals surface area contributed by atoms with E-state index in [-0.39, 0.29) is 25.1 Å². The van der Waals surface area contributed by atoms with E-state index in [1.54, 1.807) is 30.4 Å². The number of aromatic nitrogens is 4. The van der Waals surface area contributed by atoms with Gasteiger partial charge in [-0.3, -0.25) is 9.59 Å². The van der Waals surface area contributed by atoms with Crippen molar-refractivity contribution >= 4 is 39.0 Å². The van der Waals surface area contributed by atoms with Gasteiger partial charge in [0.2, 0.25) is 6.41 Å². The number of carbonyl (C=O) groups excluding carboxylic acids is 2. The number of aromatic amines is 1. The number of amides is 2. The highest BCUT2D eigenvalue weighted by Crippen LogP contribution is 2.29. The van der Waals surface area contributed by atoms with Crippen molar-refractivity contribution in [2.75, 3.05) is 13.7 Å². The van der Waals surface area contributed by atoms with Gasteiger partial charge in [0, 0.05) is 13.0 Å². The van der Waals surface area contributed by atoms with Gasteiger partial charge in [-0.05, 0) is 49.1 Å². The number of H-pyrrole nitrogens is 1. The maximum absolute atomic E-state index is 13.2. The van der Waals surface area contributed by atoms with Gasteiger partial charge in [0.15, 0.2) is 5.69 Å². The highest BCUT2D eigenvalue weighted by atomic mass is 19.4. The number of aryl methyl sites for hydroxylation is 1. The van der Waals surface area contributed by atoms with Crippen molar-refractivity contribution in [2.45, 2.75) is 75.9 Å². The summed E-state index contributed by atoms with van der Waals surface area (Å²) in [4.78, 5) is 29.2. The maximum Gasteiger partial charge on any atom is 0.411 e. The Morgan fingerprint density at radius 3 is 2.30 bits per heavy atom. The Balaban J connectivity index is 0.000000462. The number of carbonyl (C=O) groups is 2. The van der Waals surface area contributed by atoms with Gasteiger partial charge < -0.3 is 25.7 Å². The summed E-state index contributed by atoms with van der Waals surface area (Å²) in [6.07, 6.45) is -5.60. The molecular formula is C25H31B2F6N7O4. The summed E-state index contributed by atoms with van der Waals surface area (Å²) >= 11 is 0. The van der Waals surface area contributed by atoms with Crippen LogP contribution in [0.1, 0.15) is 53.8 Å². The van der Waals surface area contributed by atoms with Crippen LogP contribution in [0, 0.1) is 6.92 Å². The molecule has 0 saturated heterocycles. The lowest BCUT2D eigenvalue weighted by Crippen LogP contribution is -2.66. The van der Waals surface area contributed by atoms with Crippen LogP contribution in [0.25, 0.3) is 11.0 Å². The minimum absolute atomic E-state index is 0.0926. The zero-order chi connectivity index (χ0) is 33.3. The minimum Gasteiger partial charge on any atom is -0.369 e. The molecule has 1 unspecified atom stereocenters. The molecule has 3 aromatic rings. The molecule has 19 heteroatoms. The van der Waals surface area contributed by atoms with Crippen LogP contribution in [0.2, 0.25) is 0 Å². The van der Waals surface area contributed by atoms with E-state index in [4.69, 9.17) is 26.2 Å². The van der Waals surface area contributed by atoms with Gasteiger partial charge in [0.25, 0.3) is 5.91 Å². The summed E-state index contributed by atoms with van der Waals surface area (Å²) in [5.74, 6) is -0.228. The predicted molar refractivity (Wildman–Crippen MR) is 147 cm³/mol. The molecule has 4 N–H and O–H groups in total. The number of hydrogen-bond donors (Lipinski definition) is 3. The zero-order valence-corrected chi connectivity index (χ0v) is 24.1. The standard InChI is InChI=1S/C18H20B2F6N4O2.C4H5N3O2.C3H6/c1-10(32-8-16(21,22)23)5-14-28-12-4-3-11(6-13(12)29-14)7-30(2)17(19,20)15(27-9-31)18(24,25)26;1-2-3(4(5)8)7-9-6-2;1-2-3-1/h3-4,6,9-10,15H,5,7-8H2,1-2H3,(H,27,31)(H,28,29);1H3,(H2,5,8);1-3H2/t10-,15?;;/m1../s1. The number of fused-ring (bicyclic) bond motifs is 1. The molecule has 44 heavy (non-hydrogen) atoms. The number of primary amides is 1. The number of halogens is 6. The molecule has 0 bridgehead atoms. The summed E-state index contributed by atoms with van der Waals surface area (Å²) in [6.45, 7) is 1.60. The van der Waals surface area contributed by atoms with Gasteiger partial charge in [-0.15, -0.1) is 0 Å². The van der Waals surface area contributed by atoms with Gasteiger partial charge >= 0.3 is 12.4 Å². The molecule has 238 valence electrons. The van der Waals surface area contributed by atoms with Crippen LogP contribution < -0.4 is 11.1 Å². The number of rotatable bonds is 11. The van der Waals surface area contributed by atoms with Crippen molar-refractivity contribution in [1.29, 1.82) is 0 Å². The van der Waals surface area contributed by atoms with Crippen molar-refractivity contribution in [2.24, 2.45) is 5.73 Å². The summed E-state index contributed by atoms with van der Waals surface area (Å²) in [6, 6.07) is 2.28. The maximum atomic E-state index is 13.2. The summed E-state index contributed by atoms with van der Waals surface area (Å²) in [7, 11) is 12.7. The highest BCUT2D eigenvalue weighted by molar-refractivity contribution is 6.40. The lowest BCUT2D eigenvalue weighted by Gasteiger charge is -2.43. The number of hydrogen-bond acceptors (Lipinski definition) is 8. The van der Waals surface area contributed by atoms with E-state index in [2.05, 4.69) is 24.9 Å². The number of ether oxygens (including phenoxy) is 1. The van der Waals surface area contributed by atoms with E-state index in [1.807, 2.05) is 0 Å². The molecule has 2 atom stereocenters. The normalized spacial score (nSPS) is 14.6. The van der Waals surface area contributed by atoms with Crippen LogP contribution >= 0.6 is 0 Å². The molecule has 0 spiro atoms. The van der Waals surface area contributed by atoms with Gasteiger partial charge in [0.1, 0.15) is 24.2 Å². The largest absolute Gasteiger partial charge is 0.411 e. The van der Waals surface area contributed by atoms with Gasteiger partial charge in [-0.1, -0.05) is 30.5 Å². The van der Waals surface area contributed by atoms with Crippen LogP contribution in [-0.2, 0) is 22.5 Å². The Morgan fingerprint density at radius 1 is 1.20 bits per heavy atom. The van der Waals surface area contributed by atoms with Crippen molar-refractivity contribution in [3.63, 3.8) is 0 Å². The molecule has 4 radical (unpaired) electrons. The molecule has 4 rings (SSSR count). The molecule has 2 heterocycles. The van der Waals surface area contributed by atoms with E-state index in [0.29, 0.717) is 28.1 Å². The minimum atomic E-state index is -4.88. The number of imidazole rings is 1. The Morgan fingerprint density at radius 2 is 1.84 bits per heavy atom. The van der Waals surface area contributed by atoms with E-state index in [0.717, 1.165) is 4.90 Å². The third kappa shape index (κ3) is 11.8. The molecule has 1 aliphatic rings. The fraction of sp³-hybridized carbons (Fsp3) is 0.560. The first-order chi connectivity index (χ1) is 20.3. The van der Waals surface area contributed by atoms with Crippen molar-refractivity contribution in [1.82, 2.24) is 30.5 Å². The third-order valence-corrected chi connectivity index (χ3v) is 5.95. The number of likely N-dealkylation sites (N-methyl/N-ethyl adjacent to an activating group) is 1. The number of nitrogens with one attached hydrogen (secondary N) is 2. The lowest BCUT2D eigenvalue weighted by molar-refractivity contribution is -0.183. The van der Waals surface area contributed by atoms with Crippen LogP contribution in [0.4, 0.5) is 26.3 Å². The molecule has 11 nitrogen and oxygen atoms in total. The number of nitrogens with two attached hydrogens (primary N) is 1. The van der Waals surface area contributed by atoms with E-state index in [9.17, 15) is 35.9 Å². The second kappa shape index (κ2) is 15.4. The SMILES string of the molecule is C1CC1.Cc1nonc1C(N)=O.[B]C([B])(C(NC=O)C(F)(F)F)N(C)Cc1ccc2nc(C[C@@H](C)OCC(F)(F)F)[nH]c2c1. The van der Waals surface area contributed by atoms with Crippen LogP contribution in [0.15, 0.2) is 22.8 Å². The predicted octanol–water partition coefficient (Wildman–Crippen LogP) is 2.82. The highest BCUT2D eigenvalue weighted by Gasteiger charge is 2.49. The molecule has 2 amide bonds. The molecular weight excluding hydrogens is 598 g/mol. The summed E-state index contributed by atoms with van der Waals surface area (Å²) < 4.78 is 85.5. The fourth-order valence-corrected chi connectivity index (χ4v) is 3.52. The molecule has 2 aromatic heterocycles. The Bertz CT molecular complexity index is 1360. The molecule has 1 fully saturated rings. The second-order valence-electron chi connectivity index (χ2n) is 10.1. The van der Waals surface area contributed by atoms with Crippen molar-refractivity contribution in [3.05, 3.63) is 41.0 Å². The number of nitrogens with zero attached hydrogens (tertiary/aromatic N) is 4. The van der Waals surface area contributed by atoms with Crippen molar-refractivity contribution in [3.8, 4) is 0 Å². The zero-order valence-electron chi connectivity index (χ0n) is 24.1. The summed E-state index contributed by atoms with van der Waals surface area (Å²) in [5.41, 5.74) is 6.93. The second-order valence-corrected chi connectivity index (χ2v) is 10.1. The first kappa shape index (κ1) is 36.6. The first-order valence-corrected chi connectivity index (χ1v) is 13.1. The van der Waals surface area contributed by atoms with E-state index >= 15 is 0 Å². The lowest BCUT2D eigenvalue weighted by atomic mass is 9.56. The van der Waals surface area contributed by atoms with Gasteiger partial charge in [-0.2, -0.15) is 26.3 Å². The monoisotopic (exact) mass is 629 g/mol. The topological polar surface area (TPSA) is 152 Å². The summed E-state index contributed by atoms with van der Waals surface area (Å²) in [5, 5.41) is 5.76. The average molecular weight is 629 g/mol. The van der Waals surface area contributed by atoms with Gasteiger partial charge in [0.05, 0.1) is 32.8 Å². The van der Waals surface area contributed by atoms with Gasteiger partial charge in [-0.25, -0.2) is 9.61 Å². The smallest absolute Gasteiger partial charge is 0.369 e. The molecule has 1 saturated carbocycles. The van der Waals surface area contributed by atoms with Crippen LogP contribution in [0.3, 0.4) is 0 Å². The number of benzene rings is 1. The van der Waals surface area contributed by atoms with Crippen LogP contribution in [0.5, 0.6) is 0 Å². The fourth-order valence-electron chi connectivity index (χ4n) is 3.52. The molecule has 1 aliphatic carbocycles. The third-order valence-electron chi connectivity index (χ3n) is 5.95. The quantitative estimate of drug-likeness (QED) is 0.167. The average Bonchev–Trinajstić information content (AvgIpc) is 3.64.